The van der Waals surface area contributed by atoms with Gasteiger partial charge in [-0.1, -0.05) is 24.3 Å². The fourth-order valence-corrected chi connectivity index (χ4v) is 4.78. The molecule has 0 amide bonds. The predicted molar refractivity (Wildman–Crippen MR) is 140 cm³/mol. The summed E-state index contributed by atoms with van der Waals surface area (Å²) >= 11 is 0. The van der Waals surface area contributed by atoms with Crippen molar-refractivity contribution in [3.05, 3.63) is 66.7 Å². The van der Waals surface area contributed by atoms with Gasteiger partial charge in [0, 0.05) is 12.7 Å². The van der Waals surface area contributed by atoms with Crippen LogP contribution in [0.4, 0.5) is 34.1 Å². The molecule has 0 saturated carbocycles. The van der Waals surface area contributed by atoms with Gasteiger partial charge in [-0.15, -0.1) is 15.3 Å². The first kappa shape index (κ1) is 26.6. The Balaban J connectivity index is 1.93. The molecule has 0 radical (unpaired) electrons. The molecule has 0 fully saturated rings. The van der Waals surface area contributed by atoms with E-state index in [1.54, 1.807) is 37.4 Å². The number of anilines is 2. The Morgan fingerprint density at radius 1 is 0.763 bits per heavy atom. The number of aromatic hydroxyl groups is 1. The quantitative estimate of drug-likeness (QED) is 0.110. The molecule has 4 aromatic rings. The lowest BCUT2D eigenvalue weighted by Gasteiger charge is -2.12. The van der Waals surface area contributed by atoms with E-state index in [0.29, 0.717) is 11.4 Å². The van der Waals surface area contributed by atoms with Crippen LogP contribution in [-0.4, -0.2) is 38.1 Å². The van der Waals surface area contributed by atoms with Crippen molar-refractivity contribution in [1.29, 1.82) is 0 Å². The third-order valence-corrected chi connectivity index (χ3v) is 7.09. The number of phenolic OH excluding ortho intramolecular Hbond substituents is 1. The highest BCUT2D eigenvalue weighted by Crippen LogP contribution is 2.46. The molecule has 0 unspecified atom stereocenters. The van der Waals surface area contributed by atoms with Crippen LogP contribution >= 0.6 is 0 Å². The molecular weight excluding hydrogens is 536 g/mol. The molecule has 0 aliphatic heterocycles. The van der Waals surface area contributed by atoms with E-state index in [4.69, 9.17) is 5.73 Å². The molecule has 0 heterocycles. The van der Waals surface area contributed by atoms with Crippen LogP contribution in [-0.2, 0) is 20.2 Å². The fourth-order valence-electron chi connectivity index (χ4n) is 3.51. The molecule has 6 N–H and O–H groups in total. The van der Waals surface area contributed by atoms with E-state index in [2.05, 4.69) is 25.8 Å². The van der Waals surface area contributed by atoms with Gasteiger partial charge in [0.15, 0.2) is 5.75 Å². The van der Waals surface area contributed by atoms with E-state index in [-0.39, 0.29) is 27.8 Å². The van der Waals surface area contributed by atoms with Gasteiger partial charge >= 0.3 is 0 Å². The summed E-state index contributed by atoms with van der Waals surface area (Å²) in [5.74, 6) is -0.772. The molecule has 0 saturated heterocycles. The molecule has 0 bridgehead atoms. The first-order valence-corrected chi connectivity index (χ1v) is 13.5. The van der Waals surface area contributed by atoms with Crippen LogP contribution in [0.3, 0.4) is 0 Å². The number of azo groups is 2. The first-order chi connectivity index (χ1) is 17.9. The molecule has 0 spiro atoms. The summed E-state index contributed by atoms with van der Waals surface area (Å²) in [6, 6.07) is 16.2. The zero-order chi connectivity index (χ0) is 27.7. The summed E-state index contributed by atoms with van der Waals surface area (Å²) in [6.07, 6.45) is 0. The molecule has 196 valence electrons. The minimum Gasteiger partial charge on any atom is -0.505 e. The van der Waals surface area contributed by atoms with Crippen molar-refractivity contribution in [3.63, 3.8) is 0 Å². The number of nitrogen functional groups attached to an aromatic ring is 1. The van der Waals surface area contributed by atoms with Crippen molar-refractivity contribution >= 4 is 65.1 Å². The van der Waals surface area contributed by atoms with Crippen molar-refractivity contribution in [2.45, 2.75) is 9.79 Å². The van der Waals surface area contributed by atoms with E-state index >= 15 is 0 Å². The lowest BCUT2D eigenvalue weighted by Crippen LogP contribution is -2.00. The van der Waals surface area contributed by atoms with Crippen LogP contribution in [0.1, 0.15) is 0 Å². The van der Waals surface area contributed by atoms with Gasteiger partial charge in [0.05, 0.1) is 16.8 Å². The normalized spacial score (nSPS) is 12.5. The SMILES string of the molecule is CNc1ccc(S(=O)(=O)O)c(N=Nc2c(S(=O)(=O)O)cc3ccc(N=Nc4ccccc4)c(N)c3c2O)c1. The van der Waals surface area contributed by atoms with Crippen molar-refractivity contribution in [2.75, 3.05) is 18.1 Å². The smallest absolute Gasteiger partial charge is 0.296 e. The molecule has 0 aliphatic carbocycles. The maximum Gasteiger partial charge on any atom is 0.296 e. The second kappa shape index (κ2) is 10.1. The molecule has 15 heteroatoms. The summed E-state index contributed by atoms with van der Waals surface area (Å²) in [6.45, 7) is 0. The number of hydrogen-bond donors (Lipinski definition) is 5. The van der Waals surface area contributed by atoms with Gasteiger partial charge in [-0.2, -0.15) is 21.9 Å². The van der Waals surface area contributed by atoms with Gasteiger partial charge in [-0.25, -0.2) is 0 Å². The second-order valence-corrected chi connectivity index (χ2v) is 10.6. The minimum absolute atomic E-state index is 0.0603. The molecule has 0 aromatic heterocycles. The van der Waals surface area contributed by atoms with Crippen LogP contribution < -0.4 is 11.1 Å². The van der Waals surface area contributed by atoms with E-state index in [1.165, 1.54) is 24.3 Å². The highest BCUT2D eigenvalue weighted by molar-refractivity contribution is 7.86. The topological polar surface area (TPSA) is 216 Å². The number of hydrogen-bond acceptors (Lipinski definition) is 11. The third-order valence-electron chi connectivity index (χ3n) is 5.33. The van der Waals surface area contributed by atoms with Crippen LogP contribution in [0.25, 0.3) is 10.8 Å². The summed E-state index contributed by atoms with van der Waals surface area (Å²) in [5.41, 5.74) is 6.12. The van der Waals surface area contributed by atoms with Crippen LogP contribution in [0.5, 0.6) is 5.75 Å². The summed E-state index contributed by atoms with van der Waals surface area (Å²) in [7, 11) is -8.15. The van der Waals surface area contributed by atoms with Crippen molar-refractivity contribution < 1.29 is 31.0 Å². The Morgan fingerprint density at radius 3 is 2.05 bits per heavy atom. The number of fused-ring (bicyclic) bond motifs is 1. The zero-order valence-electron chi connectivity index (χ0n) is 19.5. The van der Waals surface area contributed by atoms with Gasteiger partial charge in [0.2, 0.25) is 0 Å². The third kappa shape index (κ3) is 5.45. The van der Waals surface area contributed by atoms with E-state index in [0.717, 1.165) is 12.1 Å². The van der Waals surface area contributed by atoms with Gasteiger partial charge in [0.25, 0.3) is 20.2 Å². The second-order valence-electron chi connectivity index (χ2n) is 7.79. The molecule has 0 aliphatic rings. The first-order valence-electron chi connectivity index (χ1n) is 10.6. The molecule has 38 heavy (non-hydrogen) atoms. The Labute approximate surface area is 216 Å². The Hall–Kier alpha value is -4.44. The van der Waals surface area contributed by atoms with Crippen molar-refractivity contribution in [3.8, 4) is 5.75 Å². The molecule has 4 aromatic carbocycles. The number of nitrogens with zero attached hydrogens (tertiary/aromatic N) is 4. The Morgan fingerprint density at radius 2 is 1.42 bits per heavy atom. The number of benzene rings is 4. The number of nitrogens with two attached hydrogens (primary N) is 1. The van der Waals surface area contributed by atoms with Gasteiger partial charge in [-0.05, 0) is 47.9 Å². The maximum atomic E-state index is 12.1. The summed E-state index contributed by atoms with van der Waals surface area (Å²) in [4.78, 5) is -1.44. The lowest BCUT2D eigenvalue weighted by atomic mass is 10.1. The standard InChI is InChI=1S/C23H20N6O7S2/c1-25-15-8-10-18(37(31,32)33)17(12-15)28-29-22-19(38(34,35)36)11-13-7-9-16(21(24)20(13)23(22)30)27-26-14-5-3-2-4-6-14/h2-12,25,30H,24H2,1H3,(H,31,32,33)(H,34,35,36). The summed E-state index contributed by atoms with van der Waals surface area (Å²) in [5, 5.41) is 29.5. The van der Waals surface area contributed by atoms with E-state index in [9.17, 15) is 31.0 Å². The largest absolute Gasteiger partial charge is 0.505 e. The van der Waals surface area contributed by atoms with Crippen molar-refractivity contribution in [2.24, 2.45) is 20.5 Å². The van der Waals surface area contributed by atoms with Gasteiger partial charge < -0.3 is 16.2 Å². The van der Waals surface area contributed by atoms with Crippen LogP contribution in [0.2, 0.25) is 0 Å². The Kier molecular flexibility index (Phi) is 7.10. The van der Waals surface area contributed by atoms with Gasteiger partial charge in [-0.3, -0.25) is 9.11 Å². The summed E-state index contributed by atoms with van der Waals surface area (Å²) < 4.78 is 67.2. The number of rotatable bonds is 7. The average Bonchev–Trinajstić information content (AvgIpc) is 2.86. The zero-order valence-corrected chi connectivity index (χ0v) is 21.1. The van der Waals surface area contributed by atoms with Crippen molar-refractivity contribution in [1.82, 2.24) is 0 Å². The van der Waals surface area contributed by atoms with Crippen LogP contribution in [0.15, 0.2) is 97.0 Å². The van der Waals surface area contributed by atoms with E-state index < -0.39 is 41.5 Å². The molecule has 0 atom stereocenters. The monoisotopic (exact) mass is 556 g/mol. The van der Waals surface area contributed by atoms with Gasteiger partial charge in [0.1, 0.15) is 26.9 Å². The van der Waals surface area contributed by atoms with Crippen LogP contribution in [0, 0.1) is 0 Å². The number of nitrogens with one attached hydrogen (secondary N) is 1. The Bertz CT molecular complexity index is 1820. The molecule has 4 rings (SSSR count). The highest BCUT2D eigenvalue weighted by atomic mass is 32.2. The highest BCUT2D eigenvalue weighted by Gasteiger charge is 2.24. The molecule has 13 nitrogen and oxygen atoms in total. The predicted octanol–water partition coefficient (Wildman–Crippen LogP) is 5.49. The minimum atomic E-state index is -4.95. The van der Waals surface area contributed by atoms with E-state index in [1.807, 2.05) is 0 Å². The molecular formula is C23H20N6O7S2. The number of phenols is 1. The fraction of sp³-hybridized carbons (Fsp3) is 0.0435. The average molecular weight is 557 g/mol. The maximum absolute atomic E-state index is 12.1. The lowest BCUT2D eigenvalue weighted by molar-refractivity contribution is 0.472.